The van der Waals surface area contributed by atoms with Gasteiger partial charge in [-0.2, -0.15) is 0 Å². The van der Waals surface area contributed by atoms with Crippen molar-refractivity contribution >= 4 is 5.91 Å². The van der Waals surface area contributed by atoms with E-state index in [1.165, 1.54) is 19.3 Å². The average molecular weight is 264 g/mol. The van der Waals surface area contributed by atoms with Crippen LogP contribution in [-0.4, -0.2) is 19.0 Å². The second kappa shape index (κ2) is 6.75. The molecular weight excluding hydrogens is 240 g/mol. The Morgan fingerprint density at radius 2 is 2.16 bits per heavy atom. The number of carbonyl (C=O) groups excluding carboxylic acids is 1. The molecule has 3 N–H and O–H groups in total. The van der Waals surface area contributed by atoms with Gasteiger partial charge in [-0.05, 0) is 36.9 Å². The van der Waals surface area contributed by atoms with Crippen LogP contribution < -0.4 is 11.1 Å². The summed E-state index contributed by atoms with van der Waals surface area (Å²) in [5.41, 5.74) is 5.95. The van der Waals surface area contributed by atoms with E-state index in [0.29, 0.717) is 19.5 Å². The molecule has 0 aromatic carbocycles. The maximum atomic E-state index is 12.0. The summed E-state index contributed by atoms with van der Waals surface area (Å²) >= 11 is 0. The van der Waals surface area contributed by atoms with E-state index < -0.39 is 0 Å². The molecule has 1 aromatic rings. The minimum Gasteiger partial charge on any atom is -0.469 e. The summed E-state index contributed by atoms with van der Waals surface area (Å²) in [4.78, 5) is 12.0. The third kappa shape index (κ3) is 4.10. The van der Waals surface area contributed by atoms with Crippen molar-refractivity contribution in [2.75, 3.05) is 13.1 Å². The minimum atomic E-state index is 0.0486. The largest absolute Gasteiger partial charge is 0.469 e. The van der Waals surface area contributed by atoms with Crippen molar-refractivity contribution in [2.24, 2.45) is 11.1 Å². The molecule has 0 aliphatic heterocycles. The maximum absolute atomic E-state index is 12.0. The monoisotopic (exact) mass is 264 g/mol. The van der Waals surface area contributed by atoms with Gasteiger partial charge in [0, 0.05) is 19.4 Å². The molecule has 4 nitrogen and oxygen atoms in total. The van der Waals surface area contributed by atoms with Crippen molar-refractivity contribution in [3.8, 4) is 0 Å². The van der Waals surface area contributed by atoms with Gasteiger partial charge < -0.3 is 15.5 Å². The highest BCUT2D eigenvalue weighted by Crippen LogP contribution is 2.38. The molecule has 1 amide bonds. The smallest absolute Gasteiger partial charge is 0.220 e. The lowest BCUT2D eigenvalue weighted by molar-refractivity contribution is -0.123. The summed E-state index contributed by atoms with van der Waals surface area (Å²) in [6.07, 6.45) is 8.85. The van der Waals surface area contributed by atoms with Crippen LogP contribution in [0.5, 0.6) is 0 Å². The van der Waals surface area contributed by atoms with Gasteiger partial charge in [0.1, 0.15) is 5.76 Å². The van der Waals surface area contributed by atoms with Crippen molar-refractivity contribution < 1.29 is 9.21 Å². The number of amides is 1. The van der Waals surface area contributed by atoms with Crippen molar-refractivity contribution in [2.45, 2.75) is 44.9 Å². The van der Waals surface area contributed by atoms with Gasteiger partial charge in [-0.1, -0.05) is 19.3 Å². The number of hydrogen-bond donors (Lipinski definition) is 2. The lowest BCUT2D eigenvalue weighted by Gasteiger charge is -2.35. The van der Waals surface area contributed by atoms with Crippen LogP contribution in [0.25, 0.3) is 0 Å². The zero-order chi connectivity index (χ0) is 13.6. The summed E-state index contributed by atoms with van der Waals surface area (Å²) in [5.74, 6) is 1.03. The molecule has 0 spiro atoms. The van der Waals surface area contributed by atoms with E-state index >= 15 is 0 Å². The molecule has 0 saturated heterocycles. The van der Waals surface area contributed by atoms with E-state index in [4.69, 9.17) is 10.2 Å². The van der Waals surface area contributed by atoms with Crippen LogP contribution >= 0.6 is 0 Å². The second-order valence-electron chi connectivity index (χ2n) is 5.62. The third-order valence-corrected chi connectivity index (χ3v) is 4.16. The van der Waals surface area contributed by atoms with E-state index in [1.54, 1.807) is 6.26 Å². The maximum Gasteiger partial charge on any atom is 0.220 e. The molecule has 1 aliphatic carbocycles. The van der Waals surface area contributed by atoms with Crippen LogP contribution in [0.2, 0.25) is 0 Å². The number of nitrogens with two attached hydrogens (primary N) is 1. The van der Waals surface area contributed by atoms with Crippen LogP contribution in [0, 0.1) is 5.41 Å². The lowest BCUT2D eigenvalue weighted by atomic mass is 9.71. The Hall–Kier alpha value is -1.29. The highest BCUT2D eigenvalue weighted by Gasteiger charge is 2.32. The average Bonchev–Trinajstić information content (AvgIpc) is 2.93. The summed E-state index contributed by atoms with van der Waals surface area (Å²) in [6, 6.07) is 3.79. The summed E-state index contributed by atoms with van der Waals surface area (Å²) in [5, 5.41) is 2.97. The predicted molar refractivity (Wildman–Crippen MR) is 74.6 cm³/mol. The molecule has 0 bridgehead atoms. The Bertz CT molecular complexity index is 381. The fourth-order valence-corrected chi connectivity index (χ4v) is 2.94. The summed E-state index contributed by atoms with van der Waals surface area (Å²) in [7, 11) is 0. The molecule has 1 fully saturated rings. The second-order valence-corrected chi connectivity index (χ2v) is 5.62. The van der Waals surface area contributed by atoms with Gasteiger partial charge in [0.15, 0.2) is 0 Å². The van der Waals surface area contributed by atoms with Crippen LogP contribution in [-0.2, 0) is 11.2 Å². The Morgan fingerprint density at radius 1 is 1.37 bits per heavy atom. The topological polar surface area (TPSA) is 68.3 Å². The molecular formula is C15H24N2O2. The molecule has 0 unspecified atom stereocenters. The van der Waals surface area contributed by atoms with Crippen molar-refractivity contribution in [3.63, 3.8) is 0 Å². The van der Waals surface area contributed by atoms with Crippen molar-refractivity contribution in [1.29, 1.82) is 0 Å². The highest BCUT2D eigenvalue weighted by molar-refractivity contribution is 5.76. The first-order chi connectivity index (χ1) is 9.24. The normalized spacial score (nSPS) is 18.2. The van der Waals surface area contributed by atoms with E-state index in [0.717, 1.165) is 25.0 Å². The molecule has 1 aliphatic rings. The van der Waals surface area contributed by atoms with Crippen LogP contribution in [0.1, 0.15) is 44.3 Å². The number of furan rings is 1. The van der Waals surface area contributed by atoms with E-state index in [-0.39, 0.29) is 11.3 Å². The molecule has 2 rings (SSSR count). The number of carbonyl (C=O) groups is 1. The Labute approximate surface area is 114 Å². The third-order valence-electron chi connectivity index (χ3n) is 4.16. The molecule has 4 heteroatoms. The molecule has 1 saturated carbocycles. The molecule has 19 heavy (non-hydrogen) atoms. The standard InChI is InChI=1S/C15H24N2O2/c16-12-15(7-2-1-3-8-15)11-14(18)17-9-6-13-5-4-10-19-13/h4-5,10H,1-3,6-9,11-12,16H2,(H,17,18). The van der Waals surface area contributed by atoms with Gasteiger partial charge in [-0.3, -0.25) is 4.79 Å². The van der Waals surface area contributed by atoms with Crippen LogP contribution in [0.4, 0.5) is 0 Å². The van der Waals surface area contributed by atoms with Crippen molar-refractivity contribution in [1.82, 2.24) is 5.32 Å². The fourth-order valence-electron chi connectivity index (χ4n) is 2.94. The Balaban J connectivity index is 1.73. The minimum absolute atomic E-state index is 0.0486. The Morgan fingerprint density at radius 3 is 2.79 bits per heavy atom. The zero-order valence-corrected chi connectivity index (χ0v) is 11.5. The Kier molecular flexibility index (Phi) is 5.02. The van der Waals surface area contributed by atoms with Crippen molar-refractivity contribution in [3.05, 3.63) is 24.2 Å². The predicted octanol–water partition coefficient (Wildman–Crippen LogP) is 2.24. The number of nitrogens with one attached hydrogen (secondary N) is 1. The van der Waals surface area contributed by atoms with Crippen LogP contribution in [0.3, 0.4) is 0 Å². The first kappa shape index (κ1) is 14.1. The van der Waals surface area contributed by atoms with Gasteiger partial charge in [-0.15, -0.1) is 0 Å². The SMILES string of the molecule is NCC1(CC(=O)NCCc2ccco2)CCCCC1. The van der Waals surface area contributed by atoms with E-state index in [9.17, 15) is 4.79 Å². The molecule has 106 valence electrons. The number of hydrogen-bond acceptors (Lipinski definition) is 3. The molecule has 0 radical (unpaired) electrons. The van der Waals surface area contributed by atoms with Gasteiger partial charge in [-0.25, -0.2) is 0 Å². The van der Waals surface area contributed by atoms with E-state index in [1.807, 2.05) is 12.1 Å². The summed E-state index contributed by atoms with van der Waals surface area (Å²) in [6.45, 7) is 1.26. The molecule has 1 aromatic heterocycles. The van der Waals surface area contributed by atoms with Gasteiger partial charge in [0.2, 0.25) is 5.91 Å². The first-order valence-electron chi connectivity index (χ1n) is 7.23. The zero-order valence-electron chi connectivity index (χ0n) is 11.5. The van der Waals surface area contributed by atoms with Crippen LogP contribution in [0.15, 0.2) is 22.8 Å². The van der Waals surface area contributed by atoms with Gasteiger partial charge in [0.25, 0.3) is 0 Å². The highest BCUT2D eigenvalue weighted by atomic mass is 16.3. The number of rotatable bonds is 6. The molecule has 1 heterocycles. The fraction of sp³-hybridized carbons (Fsp3) is 0.667. The van der Waals surface area contributed by atoms with Gasteiger partial charge >= 0.3 is 0 Å². The quantitative estimate of drug-likeness (QED) is 0.828. The lowest BCUT2D eigenvalue weighted by Crippen LogP contribution is -2.39. The van der Waals surface area contributed by atoms with Gasteiger partial charge in [0.05, 0.1) is 6.26 Å². The summed E-state index contributed by atoms with van der Waals surface area (Å²) < 4.78 is 5.23. The first-order valence-corrected chi connectivity index (χ1v) is 7.23. The molecule has 0 atom stereocenters. The van der Waals surface area contributed by atoms with E-state index in [2.05, 4.69) is 5.32 Å².